The van der Waals surface area contributed by atoms with Crippen LogP contribution in [0, 0.1) is 6.92 Å². The van der Waals surface area contributed by atoms with Crippen LogP contribution in [0.1, 0.15) is 24.4 Å². The van der Waals surface area contributed by atoms with E-state index in [2.05, 4.69) is 25.8 Å². The Morgan fingerprint density at radius 2 is 2.04 bits per heavy atom. The summed E-state index contributed by atoms with van der Waals surface area (Å²) in [6, 6.07) is 14.8. The fraction of sp³-hybridized carbons (Fsp3) is 0.158. The van der Waals surface area contributed by atoms with E-state index in [1.165, 1.54) is 0 Å². The number of pyridine rings is 1. The molecule has 1 unspecified atom stereocenters. The lowest BCUT2D eigenvalue weighted by Gasteiger charge is -2.16. The molecule has 0 fully saturated rings. The van der Waals surface area contributed by atoms with E-state index in [0.717, 1.165) is 22.3 Å². The molecule has 0 aliphatic carbocycles. The second-order valence-electron chi connectivity index (χ2n) is 6.34. The van der Waals surface area contributed by atoms with E-state index in [1.807, 2.05) is 50.2 Å². The number of hydrogen-bond donors (Lipinski definition) is 2. The van der Waals surface area contributed by atoms with Gasteiger partial charge in [-0.3, -0.25) is 4.79 Å². The molecule has 0 aliphatic rings. The van der Waals surface area contributed by atoms with Crippen LogP contribution in [-0.2, 0) is 0 Å². The number of anilines is 1. The number of aromatic amines is 1. The van der Waals surface area contributed by atoms with Gasteiger partial charge in [0.25, 0.3) is 5.56 Å². The van der Waals surface area contributed by atoms with Crippen LogP contribution in [0.2, 0.25) is 5.02 Å². The first kappa shape index (κ1) is 17.2. The molecular formula is C19H17ClN6O. The first-order chi connectivity index (χ1) is 13.0. The Labute approximate surface area is 160 Å². The highest BCUT2D eigenvalue weighted by Gasteiger charge is 2.12. The van der Waals surface area contributed by atoms with Crippen LogP contribution in [0.4, 0.5) is 5.69 Å². The fourth-order valence-electron chi connectivity index (χ4n) is 3.04. The molecule has 0 radical (unpaired) electrons. The van der Waals surface area contributed by atoms with E-state index in [-0.39, 0.29) is 11.6 Å². The highest BCUT2D eigenvalue weighted by Crippen LogP contribution is 2.23. The molecule has 27 heavy (non-hydrogen) atoms. The van der Waals surface area contributed by atoms with Gasteiger partial charge in [0, 0.05) is 27.2 Å². The van der Waals surface area contributed by atoms with Gasteiger partial charge in [0.05, 0.1) is 11.7 Å². The number of aryl methyl sites for hydroxylation is 1. The number of benzene rings is 2. The maximum absolute atomic E-state index is 12.5. The first-order valence-electron chi connectivity index (χ1n) is 8.46. The summed E-state index contributed by atoms with van der Waals surface area (Å²) in [6.45, 7) is 3.78. The maximum Gasteiger partial charge on any atom is 0.253 e. The number of nitrogens with one attached hydrogen (secondary N) is 2. The van der Waals surface area contributed by atoms with Crippen LogP contribution < -0.4 is 10.9 Å². The highest BCUT2D eigenvalue weighted by atomic mass is 35.5. The van der Waals surface area contributed by atoms with Crippen LogP contribution in [0.15, 0.2) is 53.3 Å². The Hall–Kier alpha value is -3.19. The standard InChI is InChI=1S/C19H17ClN6O/c1-11(17-9-13-8-14(20)6-7-18(13)22-19(17)27)21-15-4-3-5-16(10-15)26-12(2)23-24-25-26/h3-11,21H,1-2H3,(H,22,27). The predicted octanol–water partition coefficient (Wildman–Crippen LogP) is 3.64. The fourth-order valence-corrected chi connectivity index (χ4v) is 3.22. The second kappa shape index (κ2) is 6.85. The van der Waals surface area contributed by atoms with Gasteiger partial charge in [0.1, 0.15) is 0 Å². The molecule has 0 saturated heterocycles. The summed E-state index contributed by atoms with van der Waals surface area (Å²) in [6.07, 6.45) is 0. The summed E-state index contributed by atoms with van der Waals surface area (Å²) in [7, 11) is 0. The monoisotopic (exact) mass is 380 g/mol. The van der Waals surface area contributed by atoms with Crippen molar-refractivity contribution in [2.45, 2.75) is 19.9 Å². The summed E-state index contributed by atoms with van der Waals surface area (Å²) >= 11 is 6.07. The number of hydrogen-bond acceptors (Lipinski definition) is 5. The average molecular weight is 381 g/mol. The SMILES string of the molecule is Cc1nnnn1-c1cccc(NC(C)c2cc3cc(Cl)ccc3[nH]c2=O)c1. The molecule has 0 amide bonds. The van der Waals surface area contributed by atoms with Gasteiger partial charge in [0.15, 0.2) is 5.82 Å². The van der Waals surface area contributed by atoms with Crippen LogP contribution in [0.3, 0.4) is 0 Å². The summed E-state index contributed by atoms with van der Waals surface area (Å²) in [5.41, 5.74) is 2.97. The number of rotatable bonds is 4. The third-order valence-electron chi connectivity index (χ3n) is 4.40. The van der Waals surface area contributed by atoms with Crippen molar-refractivity contribution in [1.82, 2.24) is 25.2 Å². The van der Waals surface area contributed by atoms with Crippen LogP contribution in [-0.4, -0.2) is 25.2 Å². The summed E-state index contributed by atoms with van der Waals surface area (Å²) in [4.78, 5) is 15.4. The molecule has 0 saturated carbocycles. The van der Waals surface area contributed by atoms with E-state index in [4.69, 9.17) is 11.6 Å². The van der Waals surface area contributed by atoms with Crippen molar-refractivity contribution in [3.8, 4) is 5.69 Å². The van der Waals surface area contributed by atoms with Crippen molar-refractivity contribution in [2.75, 3.05) is 5.32 Å². The number of halogens is 1. The normalized spacial score (nSPS) is 12.3. The van der Waals surface area contributed by atoms with Crippen molar-refractivity contribution < 1.29 is 0 Å². The Bertz CT molecular complexity index is 1180. The number of H-pyrrole nitrogens is 1. The minimum atomic E-state index is -0.206. The second-order valence-corrected chi connectivity index (χ2v) is 6.78. The molecule has 4 aromatic rings. The van der Waals surface area contributed by atoms with Crippen LogP contribution >= 0.6 is 11.6 Å². The third-order valence-corrected chi connectivity index (χ3v) is 4.64. The molecule has 2 aromatic heterocycles. The molecular weight excluding hydrogens is 364 g/mol. The first-order valence-corrected chi connectivity index (χ1v) is 8.83. The largest absolute Gasteiger partial charge is 0.378 e. The zero-order valence-electron chi connectivity index (χ0n) is 14.8. The molecule has 0 bridgehead atoms. The molecule has 0 aliphatic heterocycles. The van der Waals surface area contributed by atoms with Gasteiger partial charge in [-0.15, -0.1) is 5.10 Å². The Morgan fingerprint density at radius 3 is 2.81 bits per heavy atom. The van der Waals surface area contributed by atoms with Crippen molar-refractivity contribution in [3.63, 3.8) is 0 Å². The predicted molar refractivity (Wildman–Crippen MR) is 106 cm³/mol. The van der Waals surface area contributed by atoms with Crippen molar-refractivity contribution in [2.24, 2.45) is 0 Å². The molecule has 136 valence electrons. The molecule has 2 N–H and O–H groups in total. The van der Waals surface area contributed by atoms with E-state index in [0.29, 0.717) is 16.4 Å². The van der Waals surface area contributed by atoms with E-state index < -0.39 is 0 Å². The topological polar surface area (TPSA) is 88.5 Å². The van der Waals surface area contributed by atoms with Gasteiger partial charge in [-0.1, -0.05) is 17.7 Å². The van der Waals surface area contributed by atoms with E-state index in [9.17, 15) is 4.79 Å². The smallest absolute Gasteiger partial charge is 0.253 e. The minimum Gasteiger partial charge on any atom is -0.378 e. The lowest BCUT2D eigenvalue weighted by Crippen LogP contribution is -2.19. The Morgan fingerprint density at radius 1 is 1.19 bits per heavy atom. The van der Waals surface area contributed by atoms with Gasteiger partial charge in [-0.25, -0.2) is 0 Å². The number of fused-ring (bicyclic) bond motifs is 1. The molecule has 2 aromatic carbocycles. The zero-order chi connectivity index (χ0) is 19.0. The molecule has 1 atom stereocenters. The molecule has 7 nitrogen and oxygen atoms in total. The van der Waals surface area contributed by atoms with E-state index in [1.54, 1.807) is 16.8 Å². The van der Waals surface area contributed by atoms with Crippen molar-refractivity contribution in [1.29, 1.82) is 0 Å². The Kier molecular flexibility index (Phi) is 4.37. The summed E-state index contributed by atoms with van der Waals surface area (Å²) < 4.78 is 1.65. The third kappa shape index (κ3) is 3.41. The van der Waals surface area contributed by atoms with Crippen molar-refractivity contribution in [3.05, 3.63) is 75.3 Å². The average Bonchev–Trinajstić information content (AvgIpc) is 3.07. The van der Waals surface area contributed by atoms with Crippen LogP contribution in [0.25, 0.3) is 16.6 Å². The maximum atomic E-state index is 12.5. The molecule has 0 spiro atoms. The number of aromatic nitrogens is 5. The lowest BCUT2D eigenvalue weighted by atomic mass is 10.1. The van der Waals surface area contributed by atoms with Crippen molar-refractivity contribution >= 4 is 28.2 Å². The van der Waals surface area contributed by atoms with Gasteiger partial charge >= 0.3 is 0 Å². The number of nitrogens with zero attached hydrogens (tertiary/aromatic N) is 4. The van der Waals surface area contributed by atoms with Gasteiger partial charge in [0.2, 0.25) is 0 Å². The quantitative estimate of drug-likeness (QED) is 0.564. The lowest BCUT2D eigenvalue weighted by molar-refractivity contribution is 0.779. The van der Waals surface area contributed by atoms with Crippen LogP contribution in [0.5, 0.6) is 0 Å². The summed E-state index contributed by atoms with van der Waals surface area (Å²) in [5.74, 6) is 0.697. The van der Waals surface area contributed by atoms with Gasteiger partial charge in [-0.05, 0) is 66.7 Å². The van der Waals surface area contributed by atoms with Gasteiger partial charge < -0.3 is 10.3 Å². The van der Waals surface area contributed by atoms with Gasteiger partial charge in [-0.2, -0.15) is 4.68 Å². The molecule has 8 heteroatoms. The van der Waals surface area contributed by atoms with E-state index >= 15 is 0 Å². The molecule has 2 heterocycles. The minimum absolute atomic E-state index is 0.128. The summed E-state index contributed by atoms with van der Waals surface area (Å²) in [5, 5.41) is 16.4. The Balaban J connectivity index is 1.65. The zero-order valence-corrected chi connectivity index (χ0v) is 15.5. The molecule has 4 rings (SSSR count). The highest BCUT2D eigenvalue weighted by molar-refractivity contribution is 6.31. The number of tetrazole rings is 1.